The van der Waals surface area contributed by atoms with Gasteiger partial charge in [0.25, 0.3) is 0 Å². The van der Waals surface area contributed by atoms with Gasteiger partial charge in [0, 0.05) is 12.4 Å². The fourth-order valence-electron chi connectivity index (χ4n) is 0.921. The Hall–Kier alpha value is -2.63. The molecule has 0 saturated carbocycles. The largest absolute Gasteiger partial charge is 0.490 e. The van der Waals surface area contributed by atoms with Crippen molar-refractivity contribution in [2.75, 3.05) is 0 Å². The van der Waals surface area contributed by atoms with Gasteiger partial charge >= 0.3 is 12.1 Å². The third kappa shape index (κ3) is 3.18. The molecule has 0 bridgehead atoms. The van der Waals surface area contributed by atoms with E-state index in [-0.39, 0.29) is 0 Å². The quantitative estimate of drug-likeness (QED) is 0.767. The number of nitriles is 1. The van der Waals surface area contributed by atoms with Gasteiger partial charge in [0.1, 0.15) is 11.6 Å². The summed E-state index contributed by atoms with van der Waals surface area (Å²) < 4.78 is 33.4. The van der Waals surface area contributed by atoms with Crippen LogP contribution in [0.5, 0.6) is 0 Å². The summed E-state index contributed by atoms with van der Waals surface area (Å²) in [5.41, 5.74) is 1.30. The normalized spacial score (nSPS) is 10.3. The molecule has 0 amide bonds. The fourth-order valence-corrected chi connectivity index (χ4v) is 0.921. The van der Waals surface area contributed by atoms with Crippen LogP contribution in [0.15, 0.2) is 24.8 Å². The number of halogens is 3. The molecular weight excluding hydrogens is 253 g/mol. The minimum atomic E-state index is -5.08. The lowest BCUT2D eigenvalue weighted by molar-refractivity contribution is -0.192. The van der Waals surface area contributed by atoms with E-state index >= 15 is 0 Å². The van der Waals surface area contributed by atoms with Gasteiger partial charge in [-0.15, -0.1) is 0 Å². The standard InChI is InChI=1S/C7H4N4.C2HF3O2/c8-3-6-4-10-11-2-1-9-5-7(6)11;3-2(4,5)1(6)7/h1-2,4-5H;(H,6,7). The Kier molecular flexibility index (Phi) is 3.83. The third-order valence-electron chi connectivity index (χ3n) is 1.69. The molecule has 2 heterocycles. The Balaban J connectivity index is 0.000000203. The molecule has 0 spiro atoms. The molecule has 9 heteroatoms. The zero-order valence-electron chi connectivity index (χ0n) is 8.59. The lowest BCUT2D eigenvalue weighted by atomic mass is 10.3. The fraction of sp³-hybridized carbons (Fsp3) is 0.111. The predicted molar refractivity (Wildman–Crippen MR) is 51.4 cm³/mol. The molecule has 6 nitrogen and oxygen atoms in total. The summed E-state index contributed by atoms with van der Waals surface area (Å²) in [6, 6.07) is 2.03. The number of hydrogen-bond donors (Lipinski definition) is 1. The van der Waals surface area contributed by atoms with Crippen molar-refractivity contribution < 1.29 is 23.1 Å². The molecule has 18 heavy (non-hydrogen) atoms. The van der Waals surface area contributed by atoms with Crippen LogP contribution >= 0.6 is 0 Å². The van der Waals surface area contributed by atoms with E-state index in [1.807, 2.05) is 6.07 Å². The average Bonchev–Trinajstić information content (AvgIpc) is 2.71. The minimum absolute atomic E-state index is 0.554. The van der Waals surface area contributed by atoms with E-state index in [0.717, 1.165) is 5.52 Å². The third-order valence-corrected chi connectivity index (χ3v) is 1.69. The molecule has 0 aliphatic carbocycles. The zero-order valence-corrected chi connectivity index (χ0v) is 8.59. The van der Waals surface area contributed by atoms with Crippen molar-refractivity contribution in [3.05, 3.63) is 30.4 Å². The summed E-state index contributed by atoms with van der Waals surface area (Å²) in [6.07, 6.45) is 1.39. The lowest BCUT2D eigenvalue weighted by Crippen LogP contribution is -2.21. The second-order valence-electron chi connectivity index (χ2n) is 2.88. The molecule has 0 aliphatic rings. The number of carboxylic acid groups (broad SMARTS) is 1. The number of alkyl halides is 3. The highest BCUT2D eigenvalue weighted by molar-refractivity contribution is 5.73. The van der Waals surface area contributed by atoms with Gasteiger partial charge < -0.3 is 5.11 Å². The van der Waals surface area contributed by atoms with E-state index in [1.54, 1.807) is 23.1 Å². The molecular formula is C9H5F3N4O2. The molecule has 0 radical (unpaired) electrons. The van der Waals surface area contributed by atoms with Crippen molar-refractivity contribution in [1.82, 2.24) is 14.6 Å². The molecule has 0 aliphatic heterocycles. The molecule has 0 aromatic carbocycles. The van der Waals surface area contributed by atoms with E-state index in [4.69, 9.17) is 15.2 Å². The van der Waals surface area contributed by atoms with Crippen molar-refractivity contribution in [3.63, 3.8) is 0 Å². The van der Waals surface area contributed by atoms with Gasteiger partial charge in [0.15, 0.2) is 0 Å². The Morgan fingerprint density at radius 1 is 1.44 bits per heavy atom. The average molecular weight is 258 g/mol. The van der Waals surface area contributed by atoms with Crippen molar-refractivity contribution >= 4 is 11.5 Å². The van der Waals surface area contributed by atoms with Crippen LogP contribution in [0.25, 0.3) is 5.52 Å². The monoisotopic (exact) mass is 258 g/mol. The number of hydrogen-bond acceptors (Lipinski definition) is 4. The van der Waals surface area contributed by atoms with E-state index in [0.29, 0.717) is 5.56 Å². The van der Waals surface area contributed by atoms with Crippen LogP contribution in [-0.4, -0.2) is 31.9 Å². The topological polar surface area (TPSA) is 91.3 Å². The van der Waals surface area contributed by atoms with Gasteiger partial charge in [-0.1, -0.05) is 0 Å². The highest BCUT2D eigenvalue weighted by Crippen LogP contribution is 2.13. The Labute approximate surface area is 97.9 Å². The molecule has 1 N–H and O–H groups in total. The van der Waals surface area contributed by atoms with E-state index in [1.165, 1.54) is 6.20 Å². The van der Waals surface area contributed by atoms with Crippen LogP contribution in [0, 0.1) is 11.3 Å². The number of carbonyl (C=O) groups is 1. The van der Waals surface area contributed by atoms with Crippen LogP contribution in [0.2, 0.25) is 0 Å². The van der Waals surface area contributed by atoms with Gasteiger partial charge in [0.05, 0.1) is 18.0 Å². The highest BCUT2D eigenvalue weighted by atomic mass is 19.4. The summed E-state index contributed by atoms with van der Waals surface area (Å²) >= 11 is 0. The maximum absolute atomic E-state index is 10.6. The van der Waals surface area contributed by atoms with Crippen LogP contribution in [0.4, 0.5) is 13.2 Å². The Morgan fingerprint density at radius 3 is 2.56 bits per heavy atom. The first-order chi connectivity index (χ1) is 8.36. The molecule has 94 valence electrons. The Bertz CT molecular complexity index is 600. The van der Waals surface area contributed by atoms with Crippen molar-refractivity contribution in [2.24, 2.45) is 0 Å². The number of aliphatic carboxylic acids is 1. The SMILES string of the molecule is N#Cc1cnn2ccncc12.O=C(O)C(F)(F)F. The number of aromatic nitrogens is 3. The van der Waals surface area contributed by atoms with Crippen LogP contribution in [0.3, 0.4) is 0 Å². The van der Waals surface area contributed by atoms with E-state index in [9.17, 15) is 13.2 Å². The minimum Gasteiger partial charge on any atom is -0.475 e. The summed E-state index contributed by atoms with van der Waals surface area (Å²) in [6.45, 7) is 0. The van der Waals surface area contributed by atoms with Crippen molar-refractivity contribution in [1.29, 1.82) is 5.26 Å². The maximum atomic E-state index is 10.6. The van der Waals surface area contributed by atoms with Crippen LogP contribution in [0.1, 0.15) is 5.56 Å². The first kappa shape index (κ1) is 13.4. The lowest BCUT2D eigenvalue weighted by Gasteiger charge is -1.93. The van der Waals surface area contributed by atoms with Gasteiger partial charge in [-0.05, 0) is 0 Å². The molecule has 0 unspecified atom stereocenters. The van der Waals surface area contributed by atoms with E-state index < -0.39 is 12.1 Å². The Morgan fingerprint density at radius 2 is 2.06 bits per heavy atom. The number of fused-ring (bicyclic) bond motifs is 1. The maximum Gasteiger partial charge on any atom is 0.490 e. The van der Waals surface area contributed by atoms with Crippen LogP contribution in [-0.2, 0) is 4.79 Å². The first-order valence-corrected chi connectivity index (χ1v) is 4.34. The van der Waals surface area contributed by atoms with Gasteiger partial charge in [-0.3, -0.25) is 4.98 Å². The predicted octanol–water partition coefficient (Wildman–Crippen LogP) is 1.23. The van der Waals surface area contributed by atoms with Crippen LogP contribution < -0.4 is 0 Å². The van der Waals surface area contributed by atoms with E-state index in [2.05, 4.69) is 10.1 Å². The molecule has 2 aromatic rings. The highest BCUT2D eigenvalue weighted by Gasteiger charge is 2.38. The van der Waals surface area contributed by atoms with Crippen molar-refractivity contribution in [2.45, 2.75) is 6.18 Å². The smallest absolute Gasteiger partial charge is 0.475 e. The summed E-state index contributed by atoms with van der Waals surface area (Å²) in [4.78, 5) is 12.8. The molecule has 2 rings (SSSR count). The second kappa shape index (κ2) is 5.13. The van der Waals surface area contributed by atoms with Gasteiger partial charge in [-0.2, -0.15) is 23.5 Å². The summed E-state index contributed by atoms with van der Waals surface area (Å²) in [7, 11) is 0. The number of carboxylic acids is 1. The number of nitrogens with zero attached hydrogens (tertiary/aromatic N) is 4. The summed E-state index contributed by atoms with van der Waals surface area (Å²) in [5.74, 6) is -2.76. The molecule has 0 saturated heterocycles. The second-order valence-corrected chi connectivity index (χ2v) is 2.88. The van der Waals surface area contributed by atoms with Crippen molar-refractivity contribution in [3.8, 4) is 6.07 Å². The molecule has 0 atom stereocenters. The first-order valence-electron chi connectivity index (χ1n) is 4.34. The van der Waals surface area contributed by atoms with Gasteiger partial charge in [0.2, 0.25) is 0 Å². The zero-order chi connectivity index (χ0) is 13.8. The number of rotatable bonds is 0. The van der Waals surface area contributed by atoms with Gasteiger partial charge in [-0.25, -0.2) is 9.31 Å². The molecule has 0 fully saturated rings. The molecule has 2 aromatic heterocycles. The summed E-state index contributed by atoms with van der Waals surface area (Å²) in [5, 5.41) is 19.7.